The number of aliphatic hydroxyl groups excluding tert-OH is 1. The van der Waals surface area contributed by atoms with Gasteiger partial charge in [0.25, 0.3) is 0 Å². The maximum atomic E-state index is 14.4. The van der Waals surface area contributed by atoms with Crippen LogP contribution in [0.1, 0.15) is 57.6 Å². The second-order valence-electron chi connectivity index (χ2n) is 15.9. The molecule has 0 radical (unpaired) electrons. The van der Waals surface area contributed by atoms with E-state index >= 15 is 0 Å². The second-order valence-corrected chi connectivity index (χ2v) is 19.1. The van der Waals surface area contributed by atoms with Gasteiger partial charge in [0.15, 0.2) is 23.8 Å². The van der Waals surface area contributed by atoms with E-state index in [0.717, 1.165) is 23.4 Å². The Kier molecular flexibility index (Phi) is 14.7. The Morgan fingerprint density at radius 3 is 2.54 bits per heavy atom. The monoisotopic (exact) mass is 934 g/mol. The number of aliphatic hydroxyl groups is 2. The lowest BCUT2D eigenvalue weighted by molar-refractivity contribution is -0.165. The van der Waals surface area contributed by atoms with E-state index in [0.29, 0.717) is 0 Å². The van der Waals surface area contributed by atoms with Crippen LogP contribution in [0.2, 0.25) is 0 Å². The Hall–Kier alpha value is -4.13. The number of fused-ring (bicyclic) bond motifs is 1. The zero-order chi connectivity index (χ0) is 46.1. The van der Waals surface area contributed by atoms with Gasteiger partial charge in [-0.15, -0.1) is 6.58 Å². The van der Waals surface area contributed by atoms with Crippen molar-refractivity contribution < 1.29 is 80.4 Å². The number of nitrogens with zero attached hydrogens (tertiary/aromatic N) is 5. The van der Waals surface area contributed by atoms with E-state index in [9.17, 15) is 57.2 Å². The lowest BCUT2D eigenvalue weighted by Gasteiger charge is -2.37. The van der Waals surface area contributed by atoms with E-state index in [-0.39, 0.29) is 80.1 Å². The molecule has 27 heteroatoms. The summed E-state index contributed by atoms with van der Waals surface area (Å²) in [5, 5.41) is 33.7. The zero-order valence-corrected chi connectivity index (χ0v) is 35.6. The Bertz CT molecular complexity index is 2190. The number of alkyl halides is 2. The number of carbonyl (C=O) groups is 3. The van der Waals surface area contributed by atoms with Gasteiger partial charge in [0.1, 0.15) is 47.2 Å². The molecule has 1 saturated carbocycles. The SMILES string of the molecule is C=CCCC(=O)N(C)[C@@H](CCC1CCC(F)(F)CC1)C(=O)O[C@H]1[C@@H](O)[C@H](n2cnc3c(N)ncnc32)O[C@@H]1COP(=O)(O)[C@@H]1[C@@H](COP(=O)(O)O)OC[C@@]1(O)C1C=CC(=N)NC1=O. The Morgan fingerprint density at radius 1 is 1.17 bits per heavy atom. The number of nitrogen functional groups attached to an aromatic ring is 1. The number of anilines is 1. The summed E-state index contributed by atoms with van der Waals surface area (Å²) in [7, 11) is -9.27. The maximum absolute atomic E-state index is 14.4. The van der Waals surface area contributed by atoms with Crippen LogP contribution in [0.25, 0.3) is 11.2 Å². The van der Waals surface area contributed by atoms with Crippen LogP contribution < -0.4 is 11.1 Å². The smallest absolute Gasteiger partial charge is 0.455 e. The van der Waals surface area contributed by atoms with Gasteiger partial charge in [-0.25, -0.2) is 33.1 Å². The standard InChI is InChI=1S/C36H50F2N8O15P2/c1-3-4-5-25(47)45(2)21(8-6-19-10-12-35(37,38)13-11-19)34(50)61-28-22(60-33(27(28)48)46-18-43-26-30(40)41-17-42-31(26)46)14-58-62(52,53)29-23(15-59-63(54,55)56)57-16-36(29,51)20-7-9-24(39)44-32(20)49/h3,7,9,17-23,27-29,33,48,51H,1,4-6,8,10-16H2,2H3,(H,52,53)(H2,39,44,49)(H2,40,41,42)(H2,54,55,56)/t20?,21-,22+,23+,27+,28+,29+,33+,36+/m0/s1. The Morgan fingerprint density at radius 2 is 1.87 bits per heavy atom. The van der Waals surface area contributed by atoms with Gasteiger partial charge in [-0.05, 0) is 44.1 Å². The molecule has 6 rings (SSSR count). The van der Waals surface area contributed by atoms with Crippen LogP contribution >= 0.6 is 15.4 Å². The number of nitrogens with one attached hydrogen (secondary N) is 2. The highest BCUT2D eigenvalue weighted by Gasteiger charge is 2.63. The third-order valence-corrected chi connectivity index (χ3v) is 14.2. The van der Waals surface area contributed by atoms with E-state index < -0.39 is 113 Å². The van der Waals surface area contributed by atoms with Crippen molar-refractivity contribution in [2.75, 3.05) is 32.6 Å². The molecule has 10 atom stereocenters. The summed E-state index contributed by atoms with van der Waals surface area (Å²) in [5.74, 6) is -7.55. The van der Waals surface area contributed by atoms with Crippen LogP contribution in [-0.2, 0) is 46.8 Å². The van der Waals surface area contributed by atoms with Crippen molar-refractivity contribution in [3.05, 3.63) is 37.5 Å². The van der Waals surface area contributed by atoms with Crippen molar-refractivity contribution in [3.63, 3.8) is 0 Å². The van der Waals surface area contributed by atoms with Gasteiger partial charge in [-0.3, -0.25) is 28.7 Å². The van der Waals surface area contributed by atoms with Crippen molar-refractivity contribution in [2.24, 2.45) is 11.8 Å². The number of ether oxygens (including phenoxy) is 3. The van der Waals surface area contributed by atoms with Crippen molar-refractivity contribution in [3.8, 4) is 0 Å². The van der Waals surface area contributed by atoms with Crippen LogP contribution in [0, 0.1) is 17.2 Å². The number of amides is 2. The van der Waals surface area contributed by atoms with E-state index in [1.165, 1.54) is 24.0 Å². The highest BCUT2D eigenvalue weighted by Crippen LogP contribution is 2.59. The Labute approximate surface area is 358 Å². The molecule has 0 bridgehead atoms. The highest BCUT2D eigenvalue weighted by molar-refractivity contribution is 7.53. The molecular weight excluding hydrogens is 884 g/mol. The molecule has 348 valence electrons. The Balaban J connectivity index is 1.30. The van der Waals surface area contributed by atoms with Gasteiger partial charge in [0.05, 0.1) is 38.2 Å². The van der Waals surface area contributed by atoms with Crippen LogP contribution in [-0.4, -0.2) is 147 Å². The zero-order valence-electron chi connectivity index (χ0n) is 33.9. The summed E-state index contributed by atoms with van der Waals surface area (Å²) < 4.78 is 82.8. The predicted molar refractivity (Wildman–Crippen MR) is 212 cm³/mol. The first kappa shape index (κ1) is 48.3. The van der Waals surface area contributed by atoms with Crippen molar-refractivity contribution in [1.29, 1.82) is 5.41 Å². The number of likely N-dealkylation sites (N-methyl/N-ethyl adjacent to an activating group) is 1. The van der Waals surface area contributed by atoms with Gasteiger partial charge in [-0.1, -0.05) is 12.2 Å². The average Bonchev–Trinajstić information content (AvgIpc) is 3.89. The van der Waals surface area contributed by atoms with Crippen LogP contribution in [0.5, 0.6) is 0 Å². The van der Waals surface area contributed by atoms with Crippen LogP contribution in [0.15, 0.2) is 37.5 Å². The van der Waals surface area contributed by atoms with E-state index in [4.69, 9.17) is 29.9 Å². The molecule has 2 aromatic heterocycles. The quantitative estimate of drug-likeness (QED) is 0.0589. The number of esters is 1. The molecular formula is C36H50F2N8O15P2. The third-order valence-electron chi connectivity index (χ3n) is 11.7. The second kappa shape index (κ2) is 19.1. The number of phosphoric ester groups is 1. The molecule has 0 spiro atoms. The van der Waals surface area contributed by atoms with Crippen molar-refractivity contribution >= 4 is 56.0 Å². The van der Waals surface area contributed by atoms with Crippen molar-refractivity contribution in [2.45, 2.75) is 105 Å². The molecule has 2 aromatic rings. The molecule has 2 unspecified atom stereocenters. The highest BCUT2D eigenvalue weighted by atomic mass is 31.2. The van der Waals surface area contributed by atoms with Gasteiger partial charge in [-0.2, -0.15) is 0 Å². The number of imidazole rings is 1. The molecule has 2 amide bonds. The number of rotatable bonds is 18. The van der Waals surface area contributed by atoms with Gasteiger partial charge >= 0.3 is 21.4 Å². The first-order valence-corrected chi connectivity index (χ1v) is 23.0. The average molecular weight is 935 g/mol. The molecule has 3 fully saturated rings. The number of allylic oxidation sites excluding steroid dienone is 1. The molecule has 5 heterocycles. The number of halogens is 2. The van der Waals surface area contributed by atoms with Crippen LogP contribution in [0.4, 0.5) is 14.6 Å². The van der Waals surface area contributed by atoms with Gasteiger partial charge < -0.3 is 59.6 Å². The fraction of sp³-hybridized carbons (Fsp3) is 0.639. The predicted octanol–water partition coefficient (Wildman–Crippen LogP) is 1.07. The molecule has 9 N–H and O–H groups in total. The minimum Gasteiger partial charge on any atom is -0.455 e. The minimum atomic E-state index is -5.41. The van der Waals surface area contributed by atoms with Gasteiger partial charge in [0.2, 0.25) is 17.7 Å². The van der Waals surface area contributed by atoms with Crippen molar-refractivity contribution in [1.82, 2.24) is 29.7 Å². The molecule has 1 aliphatic carbocycles. The summed E-state index contributed by atoms with van der Waals surface area (Å²) in [4.78, 5) is 84.3. The van der Waals surface area contributed by atoms with E-state index in [1.54, 1.807) is 0 Å². The molecule has 2 saturated heterocycles. The molecule has 63 heavy (non-hydrogen) atoms. The number of phosphoric acid groups is 1. The maximum Gasteiger partial charge on any atom is 0.469 e. The summed E-state index contributed by atoms with van der Waals surface area (Å²) in [5.41, 5.74) is 1.34. The summed E-state index contributed by atoms with van der Waals surface area (Å²) >= 11 is 0. The summed E-state index contributed by atoms with van der Waals surface area (Å²) in [6.07, 6.45) is -2.35. The molecule has 3 aliphatic heterocycles. The normalized spacial score (nSPS) is 30.2. The third kappa shape index (κ3) is 10.9. The van der Waals surface area contributed by atoms with Gasteiger partial charge in [0, 0.05) is 26.3 Å². The number of aromatic nitrogens is 4. The number of hydrogen-bond donors (Lipinski definition) is 8. The number of amidine groups is 1. The lowest BCUT2D eigenvalue weighted by atomic mass is 9.82. The number of hydrogen-bond acceptors (Lipinski definition) is 17. The first-order chi connectivity index (χ1) is 29.5. The fourth-order valence-electron chi connectivity index (χ4n) is 8.33. The first-order valence-electron chi connectivity index (χ1n) is 19.9. The number of nitrogens with two attached hydrogens (primary N) is 1. The van der Waals surface area contributed by atoms with E-state index in [2.05, 4.69) is 31.4 Å². The topological polar surface area (TPSA) is 341 Å². The molecule has 23 nitrogen and oxygen atoms in total. The fourth-order valence-corrected chi connectivity index (χ4v) is 10.6. The largest absolute Gasteiger partial charge is 0.469 e. The molecule has 0 aromatic carbocycles. The van der Waals surface area contributed by atoms with E-state index in [1.807, 2.05) is 0 Å². The lowest BCUT2D eigenvalue weighted by Crippen LogP contribution is -2.56. The summed E-state index contributed by atoms with van der Waals surface area (Å²) in [6, 6.07) is -1.31. The molecule has 4 aliphatic rings. The van der Waals surface area contributed by atoms with Crippen LogP contribution in [0.3, 0.4) is 0 Å². The number of carbonyl (C=O) groups excluding carboxylic acids is 3. The minimum absolute atomic E-state index is 0.0190. The summed E-state index contributed by atoms with van der Waals surface area (Å²) in [6.45, 7) is 0.695.